The molecule has 1 heterocycles. The third-order valence-corrected chi connectivity index (χ3v) is 2.93. The zero-order valence-corrected chi connectivity index (χ0v) is 11.0. The van der Waals surface area contributed by atoms with Gasteiger partial charge in [-0.1, -0.05) is 18.2 Å². The molecule has 0 spiro atoms. The molecule has 1 aromatic carbocycles. The van der Waals surface area contributed by atoms with Crippen molar-refractivity contribution < 1.29 is 9.59 Å². The van der Waals surface area contributed by atoms with E-state index in [1.54, 1.807) is 31.2 Å². The molecule has 0 N–H and O–H groups in total. The number of amides is 2. The second kappa shape index (κ2) is 4.83. The lowest BCUT2D eigenvalue weighted by Gasteiger charge is -2.38. The van der Waals surface area contributed by atoms with E-state index in [-0.39, 0.29) is 23.3 Å². The molecule has 1 aliphatic heterocycles. The average molecular weight is 263 g/mol. The molecule has 6 heteroatoms. The van der Waals surface area contributed by atoms with E-state index >= 15 is 0 Å². The third kappa shape index (κ3) is 2.12. The van der Waals surface area contributed by atoms with Gasteiger partial charge in [-0.3, -0.25) is 14.5 Å². The standard InChI is InChI=1S/C12H13N3O2S/c1-13(2)15-11(17)8-10(16)14(12(15)18)9-6-4-3-5-7-9/h3-7H,8H2,1-2H3. The van der Waals surface area contributed by atoms with Gasteiger partial charge in [0, 0.05) is 14.1 Å². The van der Waals surface area contributed by atoms with Crippen molar-refractivity contribution in [1.29, 1.82) is 0 Å². The quantitative estimate of drug-likeness (QED) is 0.590. The van der Waals surface area contributed by atoms with Crippen molar-refractivity contribution >= 4 is 34.8 Å². The number of hydrogen-bond acceptors (Lipinski definition) is 4. The van der Waals surface area contributed by atoms with Crippen LogP contribution >= 0.6 is 12.2 Å². The molecule has 2 rings (SSSR count). The second-order valence-corrected chi connectivity index (χ2v) is 4.44. The zero-order valence-electron chi connectivity index (χ0n) is 10.2. The Hall–Kier alpha value is -1.79. The third-order valence-electron chi connectivity index (χ3n) is 2.57. The molecule has 5 nitrogen and oxygen atoms in total. The Morgan fingerprint density at radius 3 is 2.28 bits per heavy atom. The van der Waals surface area contributed by atoms with E-state index in [4.69, 9.17) is 12.2 Å². The van der Waals surface area contributed by atoms with E-state index in [1.165, 1.54) is 9.91 Å². The predicted octanol–water partition coefficient (Wildman–Crippen LogP) is 1.01. The van der Waals surface area contributed by atoms with Crippen LogP contribution in [0.4, 0.5) is 5.69 Å². The van der Waals surface area contributed by atoms with Crippen LogP contribution in [0.25, 0.3) is 0 Å². The highest BCUT2D eigenvalue weighted by Gasteiger charge is 2.37. The van der Waals surface area contributed by atoms with Crippen molar-refractivity contribution in [3.63, 3.8) is 0 Å². The monoisotopic (exact) mass is 263 g/mol. The predicted molar refractivity (Wildman–Crippen MR) is 71.7 cm³/mol. The number of carbonyl (C=O) groups excluding carboxylic acids is 2. The van der Waals surface area contributed by atoms with E-state index in [0.717, 1.165) is 0 Å². The summed E-state index contributed by atoms with van der Waals surface area (Å²) < 4.78 is 0. The maximum atomic E-state index is 12.0. The fraction of sp³-hybridized carbons (Fsp3) is 0.250. The number of anilines is 1. The summed E-state index contributed by atoms with van der Waals surface area (Å²) in [6, 6.07) is 9.07. The lowest BCUT2D eigenvalue weighted by Crippen LogP contribution is -2.59. The molecule has 0 radical (unpaired) electrons. The number of benzene rings is 1. The Bertz CT molecular complexity index is 501. The summed E-state index contributed by atoms with van der Waals surface area (Å²) in [5.74, 6) is -0.600. The number of nitrogens with zero attached hydrogens (tertiary/aromatic N) is 3. The van der Waals surface area contributed by atoms with Gasteiger partial charge in [-0.2, -0.15) is 0 Å². The lowest BCUT2D eigenvalue weighted by molar-refractivity contribution is -0.141. The fourth-order valence-corrected chi connectivity index (χ4v) is 2.29. The number of hydrazine groups is 1. The molecule has 1 aliphatic rings. The molecule has 94 valence electrons. The molecular weight excluding hydrogens is 250 g/mol. The van der Waals surface area contributed by atoms with Gasteiger partial charge < -0.3 is 0 Å². The lowest BCUT2D eigenvalue weighted by atomic mass is 10.2. The Balaban J connectivity index is 2.39. The van der Waals surface area contributed by atoms with Crippen LogP contribution < -0.4 is 4.90 Å². The second-order valence-electron chi connectivity index (χ2n) is 4.08. The molecule has 18 heavy (non-hydrogen) atoms. The minimum absolute atomic E-state index is 0.173. The molecule has 0 atom stereocenters. The molecular formula is C12H13N3O2S. The molecule has 2 amide bonds. The van der Waals surface area contributed by atoms with Crippen molar-refractivity contribution in [3.8, 4) is 0 Å². The van der Waals surface area contributed by atoms with Crippen LogP contribution in [-0.4, -0.2) is 41.0 Å². The van der Waals surface area contributed by atoms with Gasteiger partial charge in [0.1, 0.15) is 6.42 Å². The van der Waals surface area contributed by atoms with E-state index in [9.17, 15) is 9.59 Å². The summed E-state index contributed by atoms with van der Waals surface area (Å²) >= 11 is 5.23. The first kappa shape index (κ1) is 12.7. The van der Waals surface area contributed by atoms with E-state index in [0.29, 0.717) is 5.69 Å². The minimum Gasteiger partial charge on any atom is -0.273 e. The van der Waals surface area contributed by atoms with Crippen molar-refractivity contribution in [1.82, 2.24) is 10.0 Å². The number of rotatable bonds is 2. The average Bonchev–Trinajstić information content (AvgIpc) is 2.28. The maximum absolute atomic E-state index is 12.0. The summed E-state index contributed by atoms with van der Waals surface area (Å²) in [7, 11) is 3.42. The highest BCUT2D eigenvalue weighted by Crippen LogP contribution is 2.21. The van der Waals surface area contributed by atoms with Gasteiger partial charge in [0.2, 0.25) is 11.0 Å². The highest BCUT2D eigenvalue weighted by molar-refractivity contribution is 7.80. The summed E-state index contributed by atoms with van der Waals surface area (Å²) in [5.41, 5.74) is 0.673. The van der Waals surface area contributed by atoms with Crippen LogP contribution in [0.2, 0.25) is 0 Å². The highest BCUT2D eigenvalue weighted by atomic mass is 32.1. The van der Waals surface area contributed by atoms with Gasteiger partial charge in [0.25, 0.3) is 5.91 Å². The smallest absolute Gasteiger partial charge is 0.252 e. The molecule has 0 aliphatic carbocycles. The maximum Gasteiger partial charge on any atom is 0.252 e. The Kier molecular flexibility index (Phi) is 3.40. The summed E-state index contributed by atoms with van der Waals surface area (Å²) in [4.78, 5) is 25.1. The van der Waals surface area contributed by atoms with Crippen LogP contribution in [0, 0.1) is 0 Å². The van der Waals surface area contributed by atoms with Gasteiger partial charge in [0.05, 0.1) is 5.69 Å². The SMILES string of the molecule is CN(C)N1C(=O)CC(=O)N(c2ccccc2)C1=S. The van der Waals surface area contributed by atoms with Crippen LogP contribution in [0.5, 0.6) is 0 Å². The topological polar surface area (TPSA) is 43.9 Å². The van der Waals surface area contributed by atoms with Gasteiger partial charge in [-0.15, -0.1) is 0 Å². The number of thiocarbonyl (C=S) groups is 1. The van der Waals surface area contributed by atoms with E-state index < -0.39 is 0 Å². The Morgan fingerprint density at radius 2 is 1.72 bits per heavy atom. The van der Waals surface area contributed by atoms with Crippen LogP contribution in [0.1, 0.15) is 6.42 Å². The molecule has 0 saturated carbocycles. The molecule has 1 fully saturated rings. The fourth-order valence-electron chi connectivity index (χ4n) is 1.82. The number of para-hydroxylation sites is 1. The summed E-state index contributed by atoms with van der Waals surface area (Å²) in [6.07, 6.45) is -0.173. The normalized spacial score (nSPS) is 16.7. The van der Waals surface area contributed by atoms with Crippen molar-refractivity contribution in [2.45, 2.75) is 6.42 Å². The van der Waals surface area contributed by atoms with Crippen LogP contribution in [0.3, 0.4) is 0 Å². The van der Waals surface area contributed by atoms with E-state index in [2.05, 4.69) is 0 Å². The van der Waals surface area contributed by atoms with Crippen molar-refractivity contribution in [2.75, 3.05) is 19.0 Å². The van der Waals surface area contributed by atoms with Crippen LogP contribution in [0.15, 0.2) is 30.3 Å². The van der Waals surface area contributed by atoms with E-state index in [1.807, 2.05) is 18.2 Å². The molecule has 0 bridgehead atoms. The molecule has 0 unspecified atom stereocenters. The van der Waals surface area contributed by atoms with Gasteiger partial charge in [0.15, 0.2) is 0 Å². The van der Waals surface area contributed by atoms with Gasteiger partial charge in [-0.05, 0) is 24.4 Å². The number of carbonyl (C=O) groups is 2. The Labute approximate surface area is 111 Å². The zero-order chi connectivity index (χ0) is 13.3. The summed E-state index contributed by atoms with van der Waals surface area (Å²) in [5, 5.41) is 3.09. The first-order valence-corrected chi connectivity index (χ1v) is 5.85. The van der Waals surface area contributed by atoms with Crippen molar-refractivity contribution in [3.05, 3.63) is 30.3 Å². The first-order chi connectivity index (χ1) is 8.52. The molecule has 1 saturated heterocycles. The largest absolute Gasteiger partial charge is 0.273 e. The van der Waals surface area contributed by atoms with Crippen molar-refractivity contribution in [2.24, 2.45) is 0 Å². The summed E-state index contributed by atoms with van der Waals surface area (Å²) in [6.45, 7) is 0. The molecule has 0 aromatic heterocycles. The van der Waals surface area contributed by atoms with Gasteiger partial charge in [-0.25, -0.2) is 10.0 Å². The number of hydrogen-bond donors (Lipinski definition) is 0. The minimum atomic E-state index is -0.304. The first-order valence-electron chi connectivity index (χ1n) is 5.44. The van der Waals surface area contributed by atoms with Gasteiger partial charge >= 0.3 is 0 Å². The van der Waals surface area contributed by atoms with Crippen LogP contribution in [-0.2, 0) is 9.59 Å². The molecule has 1 aromatic rings. The Morgan fingerprint density at radius 1 is 1.11 bits per heavy atom.